The standard InChI is InChI=1S/C9H16F3N2O/c10-9(11,12)8-14-5-3-13(4-6-14)2-1-7-15/h1-8H2. The molecule has 0 N–H and O–H groups in total. The Kier molecular flexibility index (Phi) is 4.82. The van der Waals surface area contributed by atoms with Crippen molar-refractivity contribution in [2.45, 2.75) is 12.6 Å². The van der Waals surface area contributed by atoms with Gasteiger partial charge >= 0.3 is 6.18 Å². The van der Waals surface area contributed by atoms with E-state index < -0.39 is 12.7 Å². The first-order valence-corrected chi connectivity index (χ1v) is 5.11. The van der Waals surface area contributed by atoms with Crippen LogP contribution in [0.15, 0.2) is 0 Å². The summed E-state index contributed by atoms with van der Waals surface area (Å²) in [7, 11) is 0. The number of nitrogens with zero attached hydrogens (tertiary/aromatic N) is 2. The van der Waals surface area contributed by atoms with Crippen LogP contribution < -0.4 is 0 Å². The Hall–Kier alpha value is -0.330. The molecule has 1 aliphatic rings. The van der Waals surface area contributed by atoms with Crippen LogP contribution in [0, 0.1) is 0 Å². The Morgan fingerprint density at radius 2 is 1.53 bits per heavy atom. The van der Waals surface area contributed by atoms with Crippen molar-refractivity contribution in [2.24, 2.45) is 0 Å². The van der Waals surface area contributed by atoms with Crippen LogP contribution in [0.4, 0.5) is 13.2 Å². The van der Waals surface area contributed by atoms with Crippen molar-refractivity contribution >= 4 is 0 Å². The van der Waals surface area contributed by atoms with Gasteiger partial charge in [0.1, 0.15) is 0 Å². The van der Waals surface area contributed by atoms with Crippen LogP contribution in [0.25, 0.3) is 0 Å². The van der Waals surface area contributed by atoms with Gasteiger partial charge < -0.3 is 4.90 Å². The molecule has 0 saturated carbocycles. The van der Waals surface area contributed by atoms with Crippen molar-refractivity contribution in [3.8, 4) is 0 Å². The molecule has 0 atom stereocenters. The first-order chi connectivity index (χ1) is 7.01. The molecule has 1 radical (unpaired) electrons. The number of hydrogen-bond donors (Lipinski definition) is 0. The highest BCUT2D eigenvalue weighted by molar-refractivity contribution is 4.73. The predicted octanol–water partition coefficient (Wildman–Crippen LogP) is 0.987. The molecular formula is C9H16F3N2O. The zero-order chi connectivity index (χ0) is 11.3. The van der Waals surface area contributed by atoms with E-state index in [2.05, 4.69) is 0 Å². The van der Waals surface area contributed by atoms with Gasteiger partial charge in [-0.05, 0) is 6.42 Å². The largest absolute Gasteiger partial charge is 0.401 e. The maximum atomic E-state index is 12.0. The highest BCUT2D eigenvalue weighted by Gasteiger charge is 2.31. The van der Waals surface area contributed by atoms with E-state index in [1.807, 2.05) is 4.90 Å². The highest BCUT2D eigenvalue weighted by atomic mass is 19.4. The third-order valence-electron chi connectivity index (χ3n) is 2.49. The van der Waals surface area contributed by atoms with Gasteiger partial charge in [-0.15, -0.1) is 0 Å². The molecule has 1 saturated heterocycles. The molecule has 0 amide bonds. The van der Waals surface area contributed by atoms with Gasteiger partial charge in [0, 0.05) is 32.7 Å². The first-order valence-electron chi connectivity index (χ1n) is 5.11. The molecule has 0 unspecified atom stereocenters. The molecule has 1 fully saturated rings. The molecule has 0 aliphatic carbocycles. The van der Waals surface area contributed by atoms with Crippen LogP contribution in [0.5, 0.6) is 0 Å². The van der Waals surface area contributed by atoms with Crippen molar-refractivity contribution in [1.82, 2.24) is 9.80 Å². The summed E-state index contributed by atoms with van der Waals surface area (Å²) in [6.45, 7) is 1.94. The molecule has 6 heteroatoms. The van der Waals surface area contributed by atoms with E-state index in [1.165, 1.54) is 4.90 Å². The summed E-state index contributed by atoms with van der Waals surface area (Å²) in [6, 6.07) is 0. The third kappa shape index (κ3) is 5.34. The average molecular weight is 225 g/mol. The van der Waals surface area contributed by atoms with Crippen molar-refractivity contribution in [3.05, 3.63) is 0 Å². The fraction of sp³-hybridized carbons (Fsp3) is 1.00. The van der Waals surface area contributed by atoms with E-state index in [0.29, 0.717) is 39.1 Å². The predicted molar refractivity (Wildman–Crippen MR) is 49.1 cm³/mol. The Morgan fingerprint density at radius 1 is 1.00 bits per heavy atom. The van der Waals surface area contributed by atoms with Crippen LogP contribution in [0.3, 0.4) is 0 Å². The van der Waals surface area contributed by atoms with Crippen LogP contribution in [0.1, 0.15) is 6.42 Å². The summed E-state index contributed by atoms with van der Waals surface area (Å²) < 4.78 is 36.1. The lowest BCUT2D eigenvalue weighted by atomic mass is 10.3. The van der Waals surface area contributed by atoms with Gasteiger partial charge in [-0.1, -0.05) is 0 Å². The molecule has 0 aromatic rings. The summed E-state index contributed by atoms with van der Waals surface area (Å²) >= 11 is 0. The minimum absolute atomic E-state index is 0.108. The number of halogens is 3. The Balaban J connectivity index is 2.18. The summed E-state index contributed by atoms with van der Waals surface area (Å²) in [5.74, 6) is 0. The summed E-state index contributed by atoms with van der Waals surface area (Å²) in [5, 5.41) is 10.2. The molecule has 1 heterocycles. The van der Waals surface area contributed by atoms with Gasteiger partial charge in [0.05, 0.1) is 13.2 Å². The monoisotopic (exact) mass is 225 g/mol. The maximum absolute atomic E-state index is 12.0. The minimum atomic E-state index is -4.10. The van der Waals surface area contributed by atoms with Gasteiger partial charge in [-0.3, -0.25) is 4.90 Å². The van der Waals surface area contributed by atoms with Crippen LogP contribution in [-0.2, 0) is 5.11 Å². The Morgan fingerprint density at radius 3 is 2.00 bits per heavy atom. The van der Waals surface area contributed by atoms with Crippen LogP contribution >= 0.6 is 0 Å². The van der Waals surface area contributed by atoms with Gasteiger partial charge in [-0.25, -0.2) is 5.11 Å². The lowest BCUT2D eigenvalue weighted by Crippen LogP contribution is -2.49. The van der Waals surface area contributed by atoms with Crippen LogP contribution in [0.2, 0.25) is 0 Å². The quantitative estimate of drug-likeness (QED) is 0.713. The molecule has 1 rings (SSSR count). The number of alkyl halides is 3. The topological polar surface area (TPSA) is 26.4 Å². The first kappa shape index (κ1) is 12.7. The Labute approximate surface area is 87.5 Å². The SMILES string of the molecule is [O]CCCN1CCN(CC(F)(F)F)CC1. The summed E-state index contributed by atoms with van der Waals surface area (Å²) in [4.78, 5) is 3.46. The van der Waals surface area contributed by atoms with Gasteiger partial charge in [0.15, 0.2) is 0 Å². The normalized spacial score (nSPS) is 20.8. The third-order valence-corrected chi connectivity index (χ3v) is 2.49. The molecular weight excluding hydrogens is 209 g/mol. The molecule has 1 aliphatic heterocycles. The second kappa shape index (κ2) is 5.67. The zero-order valence-electron chi connectivity index (χ0n) is 8.59. The van der Waals surface area contributed by atoms with Crippen molar-refractivity contribution < 1.29 is 18.3 Å². The van der Waals surface area contributed by atoms with E-state index >= 15 is 0 Å². The highest BCUT2D eigenvalue weighted by Crippen LogP contribution is 2.17. The molecule has 15 heavy (non-hydrogen) atoms. The van der Waals surface area contributed by atoms with Crippen molar-refractivity contribution in [3.63, 3.8) is 0 Å². The second-order valence-electron chi connectivity index (χ2n) is 3.79. The number of rotatable bonds is 4. The second-order valence-corrected chi connectivity index (χ2v) is 3.79. The smallest absolute Gasteiger partial charge is 0.301 e. The molecule has 0 spiro atoms. The summed E-state index contributed by atoms with van der Waals surface area (Å²) in [5.41, 5.74) is 0. The molecule has 0 aromatic carbocycles. The van der Waals surface area contributed by atoms with E-state index in [4.69, 9.17) is 0 Å². The lowest BCUT2D eigenvalue weighted by molar-refractivity contribution is -0.149. The van der Waals surface area contributed by atoms with E-state index in [0.717, 1.165) is 0 Å². The zero-order valence-corrected chi connectivity index (χ0v) is 8.59. The van der Waals surface area contributed by atoms with Crippen LogP contribution in [-0.4, -0.2) is 61.9 Å². The maximum Gasteiger partial charge on any atom is 0.401 e. The molecule has 3 nitrogen and oxygen atoms in total. The van der Waals surface area contributed by atoms with Gasteiger partial charge in [-0.2, -0.15) is 13.2 Å². The molecule has 0 bridgehead atoms. The summed E-state index contributed by atoms with van der Waals surface area (Å²) in [6.07, 6.45) is -3.52. The average Bonchev–Trinajstić information content (AvgIpc) is 2.14. The fourth-order valence-corrected chi connectivity index (χ4v) is 1.71. The van der Waals surface area contributed by atoms with Gasteiger partial charge in [0.2, 0.25) is 0 Å². The molecule has 0 aromatic heterocycles. The van der Waals surface area contributed by atoms with E-state index in [-0.39, 0.29) is 6.61 Å². The van der Waals surface area contributed by atoms with E-state index in [9.17, 15) is 18.3 Å². The Bertz CT molecular complexity index is 179. The minimum Gasteiger partial charge on any atom is -0.301 e. The number of piperazine rings is 1. The number of hydrogen-bond acceptors (Lipinski definition) is 2. The van der Waals surface area contributed by atoms with Crippen molar-refractivity contribution in [1.29, 1.82) is 0 Å². The van der Waals surface area contributed by atoms with E-state index in [1.54, 1.807) is 0 Å². The van der Waals surface area contributed by atoms with Crippen molar-refractivity contribution in [2.75, 3.05) is 45.9 Å². The molecule has 89 valence electrons. The van der Waals surface area contributed by atoms with Gasteiger partial charge in [0.25, 0.3) is 0 Å². The lowest BCUT2D eigenvalue weighted by Gasteiger charge is -2.34. The fourth-order valence-electron chi connectivity index (χ4n) is 1.71.